The van der Waals surface area contributed by atoms with Gasteiger partial charge < -0.3 is 9.64 Å². The number of benzene rings is 2. The van der Waals surface area contributed by atoms with Crippen molar-refractivity contribution in [2.75, 3.05) is 20.2 Å². The van der Waals surface area contributed by atoms with Crippen LogP contribution in [-0.2, 0) is 11.3 Å². The van der Waals surface area contributed by atoms with Crippen molar-refractivity contribution in [3.63, 3.8) is 0 Å². The van der Waals surface area contributed by atoms with E-state index in [-0.39, 0.29) is 24.7 Å². The zero-order valence-corrected chi connectivity index (χ0v) is 19.3. The lowest BCUT2D eigenvalue weighted by atomic mass is 10.1. The lowest BCUT2D eigenvalue weighted by Gasteiger charge is -2.34. The molecule has 0 N–H and O–H groups in total. The van der Waals surface area contributed by atoms with Crippen molar-refractivity contribution in [3.8, 4) is 11.3 Å². The average molecular weight is 509 g/mol. The van der Waals surface area contributed by atoms with Crippen LogP contribution in [-0.4, -0.2) is 59.5 Å². The molecule has 0 aliphatic carbocycles. The Balaban J connectivity index is 1.64. The molecule has 2 heterocycles. The van der Waals surface area contributed by atoms with E-state index in [1.165, 1.54) is 15.6 Å². The number of alkyl halides is 4. The fraction of sp³-hybridized carbons (Fsp3) is 0.292. The topological polar surface area (TPSA) is 59.7 Å². The van der Waals surface area contributed by atoms with E-state index in [0.717, 1.165) is 11.1 Å². The molecule has 1 amide bonds. The molecule has 35 heavy (non-hydrogen) atoms. The molecule has 0 spiro atoms. The van der Waals surface area contributed by atoms with Crippen LogP contribution >= 0.6 is 11.6 Å². The molecule has 0 saturated carbocycles. The Hall–Kier alpha value is -3.24. The molecule has 1 atom stereocenters. The highest BCUT2D eigenvalue weighted by Gasteiger charge is 2.44. The Labute approximate surface area is 203 Å². The quantitative estimate of drug-likeness (QED) is 0.305. The van der Waals surface area contributed by atoms with Crippen LogP contribution in [0, 0.1) is 0 Å². The summed E-state index contributed by atoms with van der Waals surface area (Å²) in [5.74, 6) is -0.367. The minimum Gasteiger partial charge on any atom is -0.331 e. The van der Waals surface area contributed by atoms with E-state index in [1.807, 2.05) is 24.3 Å². The first-order valence-electron chi connectivity index (χ1n) is 10.6. The lowest BCUT2D eigenvalue weighted by molar-refractivity contribution is -0.303. The summed E-state index contributed by atoms with van der Waals surface area (Å²) in [7, 11) is 1.65. The van der Waals surface area contributed by atoms with Crippen LogP contribution in [0.4, 0.5) is 17.6 Å². The number of aromatic nitrogens is 2. The van der Waals surface area contributed by atoms with Crippen LogP contribution in [0.5, 0.6) is 0 Å². The monoisotopic (exact) mass is 508 g/mol. The molecule has 1 aromatic heterocycles. The third-order valence-corrected chi connectivity index (χ3v) is 5.76. The second-order valence-electron chi connectivity index (χ2n) is 8.01. The Morgan fingerprint density at radius 2 is 1.89 bits per heavy atom. The number of carbonyl (C=O) groups is 1. The Kier molecular flexibility index (Phi) is 7.23. The van der Waals surface area contributed by atoms with Gasteiger partial charge in [0.05, 0.1) is 18.3 Å². The van der Waals surface area contributed by atoms with Gasteiger partial charge in [-0.2, -0.15) is 13.9 Å². The number of hydrogen-bond donors (Lipinski definition) is 0. The van der Waals surface area contributed by atoms with E-state index in [9.17, 15) is 22.4 Å². The third kappa shape index (κ3) is 5.54. The number of nitrogens with zero attached hydrogens (tertiary/aromatic N) is 4. The number of ether oxygens (including phenoxy) is 1. The van der Waals surface area contributed by atoms with Crippen molar-refractivity contribution in [2.45, 2.75) is 25.1 Å². The molecule has 0 radical (unpaired) electrons. The molecule has 11 heteroatoms. The standard InChI is InChI=1S/C24H21ClF4N4O2/c1-30-11-15-2-4-16(5-3-15)12-32-13-19(14-35-24(28,29)23(26)27)33-21(22(32)34)10-20(31-33)17-6-8-18(25)9-7-17/h2-11,19,23H,12-14H2,1H3/b30-11-. The molecule has 6 nitrogen and oxygen atoms in total. The van der Waals surface area contributed by atoms with Crippen LogP contribution in [0.15, 0.2) is 59.6 Å². The van der Waals surface area contributed by atoms with Crippen molar-refractivity contribution in [1.82, 2.24) is 14.7 Å². The molecule has 0 saturated heterocycles. The van der Waals surface area contributed by atoms with Gasteiger partial charge in [-0.15, -0.1) is 0 Å². The Morgan fingerprint density at radius 3 is 2.51 bits per heavy atom. The van der Waals surface area contributed by atoms with Crippen molar-refractivity contribution in [3.05, 3.63) is 76.4 Å². The smallest absolute Gasteiger partial charge is 0.331 e. The number of halogens is 5. The molecule has 0 fully saturated rings. The highest BCUT2D eigenvalue weighted by Crippen LogP contribution is 2.31. The first-order chi connectivity index (χ1) is 16.7. The Morgan fingerprint density at radius 1 is 1.20 bits per heavy atom. The molecular formula is C24H21ClF4N4O2. The van der Waals surface area contributed by atoms with Crippen molar-refractivity contribution in [1.29, 1.82) is 0 Å². The fourth-order valence-corrected chi connectivity index (χ4v) is 3.91. The summed E-state index contributed by atoms with van der Waals surface area (Å²) < 4.78 is 57.9. The number of carbonyl (C=O) groups excluding carboxylic acids is 1. The van der Waals surface area contributed by atoms with Gasteiger partial charge in [-0.25, -0.2) is 8.78 Å². The number of amides is 1. The maximum atomic E-state index is 13.5. The van der Waals surface area contributed by atoms with E-state index in [4.69, 9.17) is 11.6 Å². The maximum Gasteiger partial charge on any atom is 0.416 e. The normalized spacial score (nSPS) is 16.4. The molecule has 4 rings (SSSR count). The average Bonchev–Trinajstić information content (AvgIpc) is 3.28. The van der Waals surface area contributed by atoms with Crippen molar-refractivity contribution >= 4 is 23.7 Å². The first kappa shape index (κ1) is 24.9. The summed E-state index contributed by atoms with van der Waals surface area (Å²) in [4.78, 5) is 18.7. The van der Waals surface area contributed by atoms with E-state index in [2.05, 4.69) is 14.8 Å². The molecular weight excluding hydrogens is 488 g/mol. The van der Waals surface area contributed by atoms with E-state index in [0.29, 0.717) is 16.3 Å². The van der Waals surface area contributed by atoms with Gasteiger partial charge in [-0.05, 0) is 29.3 Å². The van der Waals surface area contributed by atoms with Gasteiger partial charge in [0.2, 0.25) is 0 Å². The predicted molar refractivity (Wildman–Crippen MR) is 123 cm³/mol. The summed E-state index contributed by atoms with van der Waals surface area (Å²) in [6.45, 7) is -0.627. The highest BCUT2D eigenvalue weighted by atomic mass is 35.5. The molecule has 1 aliphatic rings. The molecule has 1 aliphatic heterocycles. The van der Waals surface area contributed by atoms with Gasteiger partial charge >= 0.3 is 12.5 Å². The lowest BCUT2D eigenvalue weighted by Crippen LogP contribution is -2.45. The van der Waals surface area contributed by atoms with Crippen LogP contribution < -0.4 is 0 Å². The van der Waals surface area contributed by atoms with Gasteiger partial charge in [-0.1, -0.05) is 48.0 Å². The zero-order valence-electron chi connectivity index (χ0n) is 18.5. The molecule has 3 aromatic rings. The number of hydrogen-bond acceptors (Lipinski definition) is 4. The van der Waals surface area contributed by atoms with E-state index >= 15 is 0 Å². The SMILES string of the molecule is C/N=C\c1ccc(CN2CC(COC(F)(F)C(F)F)n3nc(-c4ccc(Cl)cc4)cc3C2=O)cc1. The molecule has 184 valence electrons. The highest BCUT2D eigenvalue weighted by molar-refractivity contribution is 6.30. The first-order valence-corrected chi connectivity index (χ1v) is 11.0. The summed E-state index contributed by atoms with van der Waals surface area (Å²) in [6.07, 6.45) is -6.91. The second-order valence-corrected chi connectivity index (χ2v) is 8.44. The third-order valence-electron chi connectivity index (χ3n) is 5.51. The number of fused-ring (bicyclic) bond motifs is 1. The summed E-state index contributed by atoms with van der Waals surface area (Å²) >= 11 is 5.94. The summed E-state index contributed by atoms with van der Waals surface area (Å²) in [5, 5.41) is 4.91. The molecule has 1 unspecified atom stereocenters. The predicted octanol–water partition coefficient (Wildman–Crippen LogP) is 5.32. The maximum absolute atomic E-state index is 13.5. The molecule has 0 bridgehead atoms. The zero-order chi connectivity index (χ0) is 25.2. The largest absolute Gasteiger partial charge is 0.416 e. The van der Waals surface area contributed by atoms with Crippen molar-refractivity contribution < 1.29 is 27.1 Å². The van der Waals surface area contributed by atoms with E-state index < -0.39 is 25.2 Å². The van der Waals surface area contributed by atoms with Gasteiger partial charge in [0.25, 0.3) is 5.91 Å². The Bertz CT molecular complexity index is 1210. The van der Waals surface area contributed by atoms with Gasteiger partial charge in [0, 0.05) is 36.9 Å². The fourth-order valence-electron chi connectivity index (χ4n) is 3.78. The molecule has 2 aromatic carbocycles. The number of rotatable bonds is 8. The van der Waals surface area contributed by atoms with Gasteiger partial charge in [0.15, 0.2) is 0 Å². The minimum atomic E-state index is -4.62. The van der Waals surface area contributed by atoms with E-state index in [1.54, 1.807) is 37.5 Å². The van der Waals surface area contributed by atoms with Crippen molar-refractivity contribution in [2.24, 2.45) is 4.99 Å². The summed E-state index contributed by atoms with van der Waals surface area (Å²) in [6, 6.07) is 14.7. The van der Waals surface area contributed by atoms with Crippen LogP contribution in [0.2, 0.25) is 5.02 Å². The minimum absolute atomic E-state index is 0.0505. The van der Waals surface area contributed by atoms with Gasteiger partial charge in [-0.3, -0.25) is 14.5 Å². The van der Waals surface area contributed by atoms with Crippen LogP contribution in [0.25, 0.3) is 11.3 Å². The van der Waals surface area contributed by atoms with Crippen LogP contribution in [0.3, 0.4) is 0 Å². The summed E-state index contributed by atoms with van der Waals surface area (Å²) in [5.41, 5.74) is 2.90. The van der Waals surface area contributed by atoms with Gasteiger partial charge in [0.1, 0.15) is 5.69 Å². The van der Waals surface area contributed by atoms with Crippen LogP contribution in [0.1, 0.15) is 27.7 Å². The second kappa shape index (κ2) is 10.2. The number of aliphatic imine (C=N–C) groups is 1.